The molecule has 8 atom stereocenters. The fourth-order valence-corrected chi connectivity index (χ4v) is 7.30. The Labute approximate surface area is 207 Å². The fourth-order valence-electron chi connectivity index (χ4n) is 7.30. The topological polar surface area (TPSA) is 110 Å². The van der Waals surface area contributed by atoms with Gasteiger partial charge in [-0.1, -0.05) is 60.6 Å². The molecule has 4 rings (SSSR count). The van der Waals surface area contributed by atoms with Crippen LogP contribution in [0.4, 0.5) is 0 Å². The number of allylic oxidation sites excluding steroid dienone is 1. The Bertz CT molecular complexity index is 1000. The average Bonchev–Trinajstić information content (AvgIpc) is 3.17. The summed E-state index contributed by atoms with van der Waals surface area (Å²) >= 11 is 0. The maximum absolute atomic E-state index is 13.1. The van der Waals surface area contributed by atoms with Crippen LogP contribution in [0.1, 0.15) is 61.8 Å². The molecule has 0 radical (unpaired) electrons. The number of carbonyl (C=O) groups excluding carboxylic acids is 3. The third kappa shape index (κ3) is 3.41. The van der Waals surface area contributed by atoms with Crippen molar-refractivity contribution in [2.45, 2.75) is 79.1 Å². The van der Waals surface area contributed by atoms with Gasteiger partial charge in [-0.2, -0.15) is 0 Å². The van der Waals surface area contributed by atoms with Gasteiger partial charge in [0.15, 0.2) is 11.4 Å². The van der Waals surface area contributed by atoms with Crippen LogP contribution in [0.2, 0.25) is 0 Å². The number of aliphatic hydroxyl groups is 2. The molecule has 4 aliphatic rings. The molecular formula is C28H40O7. The predicted octanol–water partition coefficient (Wildman–Crippen LogP) is 3.23. The molecule has 0 spiro atoms. The zero-order valence-electron chi connectivity index (χ0n) is 22.1. The van der Waals surface area contributed by atoms with Crippen LogP contribution in [-0.2, 0) is 23.9 Å². The second-order valence-electron chi connectivity index (χ2n) is 12.3. The molecule has 194 valence electrons. The second kappa shape index (κ2) is 8.27. The molecule has 0 heterocycles. The van der Waals surface area contributed by atoms with E-state index in [4.69, 9.17) is 9.47 Å². The van der Waals surface area contributed by atoms with E-state index in [9.17, 15) is 24.6 Å². The van der Waals surface area contributed by atoms with Crippen LogP contribution in [0.5, 0.6) is 0 Å². The summed E-state index contributed by atoms with van der Waals surface area (Å²) in [4.78, 5) is 39.0. The first-order valence-corrected chi connectivity index (χ1v) is 12.8. The molecular weight excluding hydrogens is 448 g/mol. The molecule has 35 heavy (non-hydrogen) atoms. The zero-order valence-corrected chi connectivity index (χ0v) is 22.1. The van der Waals surface area contributed by atoms with E-state index >= 15 is 0 Å². The number of ether oxygens (including phenoxy) is 2. The second-order valence-corrected chi connectivity index (χ2v) is 12.3. The van der Waals surface area contributed by atoms with E-state index in [1.807, 2.05) is 32.9 Å². The highest BCUT2D eigenvalue weighted by Gasteiger charge is 2.87. The van der Waals surface area contributed by atoms with E-state index in [1.54, 1.807) is 34.6 Å². The van der Waals surface area contributed by atoms with Gasteiger partial charge in [0.1, 0.15) is 6.10 Å². The van der Waals surface area contributed by atoms with Crippen LogP contribution in [0.15, 0.2) is 23.3 Å². The minimum Gasteiger partial charge on any atom is -0.457 e. The van der Waals surface area contributed by atoms with Gasteiger partial charge in [-0.25, -0.2) is 0 Å². The summed E-state index contributed by atoms with van der Waals surface area (Å²) < 4.78 is 12.3. The smallest absolute Gasteiger partial charge is 0.309 e. The predicted molar refractivity (Wildman–Crippen MR) is 129 cm³/mol. The summed E-state index contributed by atoms with van der Waals surface area (Å²) in [6.07, 6.45) is 3.25. The minimum absolute atomic E-state index is 0.0236. The lowest BCUT2D eigenvalue weighted by atomic mass is 9.59. The van der Waals surface area contributed by atoms with Gasteiger partial charge in [0.05, 0.1) is 24.0 Å². The van der Waals surface area contributed by atoms with Gasteiger partial charge in [0, 0.05) is 35.0 Å². The van der Waals surface area contributed by atoms with Crippen molar-refractivity contribution in [2.75, 3.05) is 6.61 Å². The van der Waals surface area contributed by atoms with Crippen molar-refractivity contribution < 1.29 is 34.1 Å². The van der Waals surface area contributed by atoms with E-state index in [0.29, 0.717) is 17.6 Å². The summed E-state index contributed by atoms with van der Waals surface area (Å²) in [5.74, 6) is -4.06. The summed E-state index contributed by atoms with van der Waals surface area (Å²) in [5.41, 5.74) is -1.85. The summed E-state index contributed by atoms with van der Waals surface area (Å²) in [6.45, 7) is 14.4. The van der Waals surface area contributed by atoms with E-state index in [-0.39, 0.29) is 30.2 Å². The van der Waals surface area contributed by atoms with Crippen LogP contribution in [0, 0.1) is 46.8 Å². The molecule has 0 aromatic heterocycles. The Morgan fingerprint density at radius 1 is 1.09 bits per heavy atom. The number of carbonyl (C=O) groups is 3. The van der Waals surface area contributed by atoms with Crippen LogP contribution >= 0.6 is 0 Å². The van der Waals surface area contributed by atoms with Crippen LogP contribution < -0.4 is 0 Å². The molecule has 2 saturated carbocycles. The van der Waals surface area contributed by atoms with Gasteiger partial charge in [-0.05, 0) is 24.5 Å². The first kappa shape index (κ1) is 26.1. The SMILES string of the molecule is CC1=C[C@@H]2[C@H](CC(CO)=C[C@H]3[C@@H]4C(C)(C)[C@]4(OC(=O)C(C)C)[C@H](OC(=O)C(C)C)[C@@H](C)[C@]23O)C1=O. The average molecular weight is 489 g/mol. The Morgan fingerprint density at radius 3 is 2.23 bits per heavy atom. The summed E-state index contributed by atoms with van der Waals surface area (Å²) in [7, 11) is 0. The normalized spacial score (nSPS) is 41.3. The Balaban J connectivity index is 1.92. The van der Waals surface area contributed by atoms with Gasteiger partial charge in [0.2, 0.25) is 0 Å². The van der Waals surface area contributed by atoms with Crippen molar-refractivity contribution >= 4 is 17.7 Å². The maximum Gasteiger partial charge on any atom is 0.309 e. The number of ketones is 1. The molecule has 2 fully saturated rings. The van der Waals surface area contributed by atoms with Crippen molar-refractivity contribution in [1.29, 1.82) is 0 Å². The standard InChI is InChI=1S/C28H40O7/c1-13(2)24(31)34-23-16(6)27(33)19-9-15(5)21(30)18(19)10-17(12-29)11-20(27)22-26(7,8)28(22,23)35-25(32)14(3)4/h9,11,13-14,16,18-20,22-23,29,33H,10,12H2,1-8H3/t16-,18+,19-,20+,22-,23-,27+,28-/m1/s1. The third-order valence-electron chi connectivity index (χ3n) is 9.34. The molecule has 7 nitrogen and oxygen atoms in total. The van der Waals surface area contributed by atoms with Gasteiger partial charge in [-0.3, -0.25) is 14.4 Å². The number of fused-ring (bicyclic) bond motifs is 5. The molecule has 0 aromatic carbocycles. The molecule has 0 aromatic rings. The van der Waals surface area contributed by atoms with E-state index in [0.717, 1.165) is 0 Å². The fraction of sp³-hybridized carbons (Fsp3) is 0.750. The quantitative estimate of drug-likeness (QED) is 0.452. The van der Waals surface area contributed by atoms with Gasteiger partial charge < -0.3 is 19.7 Å². The highest BCUT2D eigenvalue weighted by atomic mass is 16.6. The molecule has 0 bridgehead atoms. The van der Waals surface area contributed by atoms with E-state index in [1.165, 1.54) is 0 Å². The highest BCUT2D eigenvalue weighted by molar-refractivity contribution is 6.00. The van der Waals surface area contributed by atoms with Crippen LogP contribution in [0.3, 0.4) is 0 Å². The van der Waals surface area contributed by atoms with E-state index in [2.05, 4.69) is 0 Å². The molecule has 0 amide bonds. The Hall–Kier alpha value is -1.99. The zero-order chi connectivity index (χ0) is 26.2. The maximum atomic E-state index is 13.1. The minimum atomic E-state index is -1.43. The number of Topliss-reactive ketones (excluding diaryl/α,β-unsaturated/α-hetero) is 1. The summed E-state index contributed by atoms with van der Waals surface area (Å²) in [6, 6.07) is 0. The monoisotopic (exact) mass is 488 g/mol. The van der Waals surface area contributed by atoms with Crippen molar-refractivity contribution in [3.63, 3.8) is 0 Å². The molecule has 7 heteroatoms. The first-order valence-electron chi connectivity index (χ1n) is 12.8. The molecule has 2 N–H and O–H groups in total. The number of rotatable bonds is 5. The number of hydrogen-bond acceptors (Lipinski definition) is 7. The van der Waals surface area contributed by atoms with Crippen molar-refractivity contribution in [3.05, 3.63) is 23.3 Å². The van der Waals surface area contributed by atoms with Crippen molar-refractivity contribution in [1.82, 2.24) is 0 Å². The summed E-state index contributed by atoms with van der Waals surface area (Å²) in [5, 5.41) is 22.8. The number of esters is 2. The number of aliphatic hydroxyl groups excluding tert-OH is 1. The Morgan fingerprint density at radius 2 is 1.69 bits per heavy atom. The lowest BCUT2D eigenvalue weighted by Crippen LogP contribution is -2.64. The third-order valence-corrected chi connectivity index (χ3v) is 9.34. The molecule has 0 unspecified atom stereocenters. The highest BCUT2D eigenvalue weighted by Crippen LogP contribution is 2.77. The largest absolute Gasteiger partial charge is 0.457 e. The lowest BCUT2D eigenvalue weighted by Gasteiger charge is -2.52. The van der Waals surface area contributed by atoms with Crippen molar-refractivity contribution in [3.8, 4) is 0 Å². The van der Waals surface area contributed by atoms with Crippen LogP contribution in [-0.4, -0.2) is 51.8 Å². The first-order chi connectivity index (χ1) is 16.2. The molecule has 0 aliphatic heterocycles. The van der Waals surface area contributed by atoms with Gasteiger partial charge >= 0.3 is 11.9 Å². The lowest BCUT2D eigenvalue weighted by molar-refractivity contribution is -0.223. The Kier molecular flexibility index (Phi) is 6.16. The molecule has 4 aliphatic carbocycles. The van der Waals surface area contributed by atoms with Gasteiger partial charge in [0.25, 0.3) is 0 Å². The van der Waals surface area contributed by atoms with E-state index < -0.39 is 58.3 Å². The van der Waals surface area contributed by atoms with Crippen LogP contribution in [0.25, 0.3) is 0 Å². The number of hydrogen-bond donors (Lipinski definition) is 2. The van der Waals surface area contributed by atoms with Crippen molar-refractivity contribution in [2.24, 2.45) is 46.8 Å². The molecule has 0 saturated heterocycles. The van der Waals surface area contributed by atoms with Gasteiger partial charge in [-0.15, -0.1) is 0 Å².